The third-order valence-corrected chi connectivity index (χ3v) is 4.10. The van der Waals surface area contributed by atoms with Crippen molar-refractivity contribution in [3.63, 3.8) is 0 Å². The Bertz CT molecular complexity index is 549. The van der Waals surface area contributed by atoms with Crippen LogP contribution in [0.15, 0.2) is 35.8 Å². The summed E-state index contributed by atoms with van der Waals surface area (Å²) in [6.45, 7) is 4.66. The van der Waals surface area contributed by atoms with Crippen LogP contribution in [0.1, 0.15) is 29.1 Å². The van der Waals surface area contributed by atoms with Gasteiger partial charge in [-0.15, -0.1) is 11.3 Å². The van der Waals surface area contributed by atoms with Gasteiger partial charge in [-0.25, -0.2) is 4.98 Å². The zero-order valence-corrected chi connectivity index (χ0v) is 11.6. The van der Waals surface area contributed by atoms with Gasteiger partial charge < -0.3 is 5.32 Å². The summed E-state index contributed by atoms with van der Waals surface area (Å²) < 4.78 is 12.7. The molecular formula is C14H15FN2OS. The molecule has 0 spiro atoms. The van der Waals surface area contributed by atoms with Crippen molar-refractivity contribution in [2.75, 3.05) is 6.54 Å². The summed E-state index contributed by atoms with van der Waals surface area (Å²) in [5.41, 5.74) is 0.237. The summed E-state index contributed by atoms with van der Waals surface area (Å²) in [4.78, 5) is 16.6. The summed E-state index contributed by atoms with van der Waals surface area (Å²) in [6.07, 6.45) is 1.24. The normalized spacial score (nSPS) is 11.3. The zero-order valence-electron chi connectivity index (χ0n) is 10.8. The Labute approximate surface area is 115 Å². The van der Waals surface area contributed by atoms with E-state index in [2.05, 4.69) is 30.2 Å². The van der Waals surface area contributed by atoms with Gasteiger partial charge in [0, 0.05) is 23.0 Å². The van der Waals surface area contributed by atoms with Crippen molar-refractivity contribution in [2.45, 2.75) is 19.3 Å². The van der Waals surface area contributed by atoms with Gasteiger partial charge in [-0.05, 0) is 23.6 Å². The highest BCUT2D eigenvalue weighted by molar-refractivity contribution is 7.10. The molecule has 5 heteroatoms. The largest absolute Gasteiger partial charge is 0.351 e. The number of nitrogens with zero attached hydrogens (tertiary/aromatic N) is 1. The SMILES string of the molecule is CC(C)(CNC(=O)c1ccc(F)nc1)c1cccs1. The molecule has 0 fully saturated rings. The molecule has 0 atom stereocenters. The predicted octanol–water partition coefficient (Wildman–Crippen LogP) is 2.99. The molecule has 1 amide bonds. The monoisotopic (exact) mass is 278 g/mol. The fourth-order valence-corrected chi connectivity index (χ4v) is 2.52. The van der Waals surface area contributed by atoms with Crippen molar-refractivity contribution in [1.29, 1.82) is 0 Å². The fourth-order valence-electron chi connectivity index (χ4n) is 1.66. The maximum absolute atomic E-state index is 12.7. The highest BCUT2D eigenvalue weighted by Crippen LogP contribution is 2.26. The molecule has 1 N–H and O–H groups in total. The lowest BCUT2D eigenvalue weighted by molar-refractivity contribution is 0.0945. The van der Waals surface area contributed by atoms with Crippen LogP contribution in [0, 0.1) is 5.95 Å². The van der Waals surface area contributed by atoms with E-state index in [1.165, 1.54) is 23.2 Å². The second-order valence-electron chi connectivity index (χ2n) is 4.91. The van der Waals surface area contributed by atoms with Crippen molar-refractivity contribution < 1.29 is 9.18 Å². The Balaban J connectivity index is 1.99. The molecule has 0 saturated carbocycles. The molecule has 0 aliphatic rings. The van der Waals surface area contributed by atoms with Crippen LogP contribution in [0.5, 0.6) is 0 Å². The molecule has 0 radical (unpaired) electrons. The third kappa shape index (κ3) is 3.38. The number of thiophene rings is 1. The number of nitrogens with one attached hydrogen (secondary N) is 1. The van der Waals surface area contributed by atoms with E-state index in [1.807, 2.05) is 11.4 Å². The van der Waals surface area contributed by atoms with Crippen LogP contribution in [-0.2, 0) is 5.41 Å². The first-order valence-corrected chi connectivity index (χ1v) is 6.81. The number of aromatic nitrogens is 1. The van der Waals surface area contributed by atoms with Gasteiger partial charge in [0.05, 0.1) is 5.56 Å². The van der Waals surface area contributed by atoms with Crippen LogP contribution in [0.2, 0.25) is 0 Å². The van der Waals surface area contributed by atoms with Gasteiger partial charge in [0.2, 0.25) is 5.95 Å². The van der Waals surface area contributed by atoms with Gasteiger partial charge in [-0.3, -0.25) is 4.79 Å². The number of rotatable bonds is 4. The quantitative estimate of drug-likeness (QED) is 0.874. The molecule has 19 heavy (non-hydrogen) atoms. The van der Waals surface area contributed by atoms with Crippen molar-refractivity contribution in [3.05, 3.63) is 52.2 Å². The second-order valence-corrected chi connectivity index (χ2v) is 5.86. The number of amides is 1. The molecule has 2 aromatic heterocycles. The van der Waals surface area contributed by atoms with Crippen LogP contribution in [0.3, 0.4) is 0 Å². The lowest BCUT2D eigenvalue weighted by Crippen LogP contribution is -2.36. The molecule has 0 unspecified atom stereocenters. The number of hydrogen-bond acceptors (Lipinski definition) is 3. The molecule has 3 nitrogen and oxygen atoms in total. The standard InChI is InChI=1S/C14H15FN2OS/c1-14(2,11-4-3-7-19-11)9-17-13(18)10-5-6-12(15)16-8-10/h3-8H,9H2,1-2H3,(H,17,18). The van der Waals surface area contributed by atoms with Gasteiger partial charge in [-0.2, -0.15) is 4.39 Å². The van der Waals surface area contributed by atoms with Gasteiger partial charge in [0.25, 0.3) is 5.91 Å². The summed E-state index contributed by atoms with van der Waals surface area (Å²) in [5.74, 6) is -0.826. The van der Waals surface area contributed by atoms with Gasteiger partial charge in [0.15, 0.2) is 0 Å². The number of carbonyl (C=O) groups excluding carboxylic acids is 1. The topological polar surface area (TPSA) is 42.0 Å². The number of carbonyl (C=O) groups is 1. The average molecular weight is 278 g/mol. The first kappa shape index (κ1) is 13.7. The highest BCUT2D eigenvalue weighted by atomic mass is 32.1. The van der Waals surface area contributed by atoms with E-state index in [0.29, 0.717) is 12.1 Å². The maximum Gasteiger partial charge on any atom is 0.252 e. The van der Waals surface area contributed by atoms with Crippen LogP contribution in [0.4, 0.5) is 4.39 Å². The molecule has 0 aliphatic heterocycles. The van der Waals surface area contributed by atoms with Crippen molar-refractivity contribution in [3.8, 4) is 0 Å². The van der Waals surface area contributed by atoms with Crippen molar-refractivity contribution >= 4 is 17.2 Å². The molecule has 2 aromatic rings. The van der Waals surface area contributed by atoms with E-state index in [1.54, 1.807) is 11.3 Å². The first-order chi connectivity index (χ1) is 8.99. The van der Waals surface area contributed by atoms with E-state index in [0.717, 1.165) is 0 Å². The zero-order chi connectivity index (χ0) is 13.9. The van der Waals surface area contributed by atoms with Gasteiger partial charge in [-0.1, -0.05) is 19.9 Å². The predicted molar refractivity (Wildman–Crippen MR) is 73.9 cm³/mol. The fraction of sp³-hybridized carbons (Fsp3) is 0.286. The smallest absolute Gasteiger partial charge is 0.252 e. The molecule has 0 saturated heterocycles. The molecule has 2 rings (SSSR count). The van der Waals surface area contributed by atoms with Gasteiger partial charge >= 0.3 is 0 Å². The van der Waals surface area contributed by atoms with Crippen molar-refractivity contribution in [2.24, 2.45) is 0 Å². The van der Waals surface area contributed by atoms with Crippen LogP contribution in [0.25, 0.3) is 0 Å². The third-order valence-electron chi connectivity index (χ3n) is 2.87. The van der Waals surface area contributed by atoms with E-state index < -0.39 is 5.95 Å². The lowest BCUT2D eigenvalue weighted by Gasteiger charge is -2.23. The summed E-state index contributed by atoms with van der Waals surface area (Å²) in [6, 6.07) is 6.65. The Morgan fingerprint density at radius 1 is 1.42 bits per heavy atom. The van der Waals surface area contributed by atoms with Crippen LogP contribution < -0.4 is 5.32 Å². The summed E-state index contributed by atoms with van der Waals surface area (Å²) >= 11 is 1.67. The maximum atomic E-state index is 12.7. The van der Waals surface area contributed by atoms with Crippen molar-refractivity contribution in [1.82, 2.24) is 10.3 Å². The minimum atomic E-state index is -0.588. The van der Waals surface area contributed by atoms with E-state index in [9.17, 15) is 9.18 Å². The second kappa shape index (κ2) is 5.48. The van der Waals surface area contributed by atoms with Gasteiger partial charge in [0.1, 0.15) is 0 Å². The van der Waals surface area contributed by atoms with Crippen LogP contribution >= 0.6 is 11.3 Å². The summed E-state index contributed by atoms with van der Waals surface area (Å²) in [7, 11) is 0. The Hall–Kier alpha value is -1.75. The summed E-state index contributed by atoms with van der Waals surface area (Å²) in [5, 5.41) is 4.87. The molecule has 2 heterocycles. The minimum Gasteiger partial charge on any atom is -0.351 e. The molecular weight excluding hydrogens is 263 g/mol. The highest BCUT2D eigenvalue weighted by Gasteiger charge is 2.22. The van der Waals surface area contributed by atoms with E-state index in [4.69, 9.17) is 0 Å². The molecule has 100 valence electrons. The molecule has 0 bridgehead atoms. The Morgan fingerprint density at radius 2 is 2.21 bits per heavy atom. The number of pyridine rings is 1. The Morgan fingerprint density at radius 3 is 2.79 bits per heavy atom. The van der Waals surface area contributed by atoms with E-state index in [-0.39, 0.29) is 11.3 Å². The number of halogens is 1. The Kier molecular flexibility index (Phi) is 3.95. The first-order valence-electron chi connectivity index (χ1n) is 5.93. The number of hydrogen-bond donors (Lipinski definition) is 1. The minimum absolute atomic E-state index is 0.128. The lowest BCUT2D eigenvalue weighted by atomic mass is 9.91. The van der Waals surface area contributed by atoms with E-state index >= 15 is 0 Å². The molecule has 0 aliphatic carbocycles. The molecule has 0 aromatic carbocycles. The average Bonchev–Trinajstić information content (AvgIpc) is 2.91. The van der Waals surface area contributed by atoms with Crippen LogP contribution in [-0.4, -0.2) is 17.4 Å².